The number of hydrogen-bond acceptors (Lipinski definition) is 4. The molecular formula is C14H12F3N3O4. The van der Waals surface area contributed by atoms with Gasteiger partial charge in [0, 0.05) is 25.0 Å². The van der Waals surface area contributed by atoms with Crippen LogP contribution >= 0.6 is 0 Å². The fourth-order valence-corrected chi connectivity index (χ4v) is 2.02. The first-order valence-electron chi connectivity index (χ1n) is 6.53. The van der Waals surface area contributed by atoms with Crippen LogP contribution in [0.1, 0.15) is 16.1 Å². The van der Waals surface area contributed by atoms with Gasteiger partial charge in [-0.3, -0.25) is 14.4 Å². The van der Waals surface area contributed by atoms with Crippen molar-refractivity contribution in [2.45, 2.75) is 12.7 Å². The number of rotatable bonds is 4. The Morgan fingerprint density at radius 1 is 1.29 bits per heavy atom. The lowest BCUT2D eigenvalue weighted by atomic mass is 10.1. The van der Waals surface area contributed by atoms with Crippen molar-refractivity contribution in [3.63, 3.8) is 0 Å². The lowest BCUT2D eigenvalue weighted by molar-refractivity contribution is -0.170. The first-order chi connectivity index (χ1) is 11.1. The fourth-order valence-electron chi connectivity index (χ4n) is 2.02. The van der Waals surface area contributed by atoms with Crippen LogP contribution in [-0.2, 0) is 18.4 Å². The number of halogens is 3. The zero-order chi connectivity index (χ0) is 18.1. The summed E-state index contributed by atoms with van der Waals surface area (Å²) in [6.07, 6.45) is -3.78. The number of aromatic hydroxyl groups is 1. The lowest BCUT2D eigenvalue weighted by Gasteiger charge is -2.24. The van der Waals surface area contributed by atoms with Gasteiger partial charge >= 0.3 is 18.1 Å². The number of carboxylic acid groups (broad SMARTS) is 1. The molecule has 2 aromatic rings. The molecule has 1 heterocycles. The predicted octanol–water partition coefficient (Wildman–Crippen LogP) is 1.92. The van der Waals surface area contributed by atoms with E-state index in [1.807, 2.05) is 0 Å². The fraction of sp³-hybridized carbons (Fsp3) is 0.214. The van der Waals surface area contributed by atoms with Crippen LogP contribution in [0.2, 0.25) is 0 Å². The number of hydrogen-bond donors (Lipinski definition) is 2. The van der Waals surface area contributed by atoms with Crippen molar-refractivity contribution in [1.82, 2.24) is 9.78 Å². The van der Waals surface area contributed by atoms with E-state index in [1.165, 1.54) is 24.0 Å². The van der Waals surface area contributed by atoms with E-state index in [0.29, 0.717) is 10.6 Å². The van der Waals surface area contributed by atoms with Crippen molar-refractivity contribution in [3.8, 4) is 5.75 Å². The molecule has 0 saturated carbocycles. The Labute approximate surface area is 133 Å². The maximum atomic E-state index is 12.9. The molecule has 0 atom stereocenters. The summed E-state index contributed by atoms with van der Waals surface area (Å²) < 4.78 is 39.8. The predicted molar refractivity (Wildman–Crippen MR) is 75.5 cm³/mol. The average Bonchev–Trinajstić information content (AvgIpc) is 2.87. The van der Waals surface area contributed by atoms with Gasteiger partial charge in [0.1, 0.15) is 11.3 Å². The van der Waals surface area contributed by atoms with Crippen LogP contribution in [0.5, 0.6) is 5.75 Å². The van der Waals surface area contributed by atoms with E-state index in [1.54, 1.807) is 0 Å². The molecule has 1 aromatic heterocycles. The Bertz CT molecular complexity index is 786. The molecule has 2 N–H and O–H groups in total. The number of aryl methyl sites for hydroxylation is 1. The Balaban J connectivity index is 2.46. The number of carbonyl (C=O) groups excluding carboxylic acids is 1. The van der Waals surface area contributed by atoms with Crippen molar-refractivity contribution in [2.24, 2.45) is 7.05 Å². The van der Waals surface area contributed by atoms with Crippen LogP contribution in [-0.4, -0.2) is 38.0 Å². The summed E-state index contributed by atoms with van der Waals surface area (Å²) in [7, 11) is 1.50. The van der Waals surface area contributed by atoms with E-state index in [9.17, 15) is 27.9 Å². The van der Waals surface area contributed by atoms with Crippen molar-refractivity contribution < 1.29 is 33.0 Å². The standard InChI is InChI=1S/C14H12F3N3O4/c1-19-9(4-5-18-19)7-20(13(24)14(15,16)17)8-2-3-10(12(22)23)11(21)6-8/h2-6,21H,7H2,1H3,(H,22,23). The minimum Gasteiger partial charge on any atom is -0.507 e. The molecule has 0 aliphatic rings. The van der Waals surface area contributed by atoms with Gasteiger partial charge in [0.15, 0.2) is 0 Å². The van der Waals surface area contributed by atoms with Crippen molar-refractivity contribution in [2.75, 3.05) is 4.90 Å². The molecule has 1 amide bonds. The molecule has 0 aliphatic carbocycles. The van der Waals surface area contributed by atoms with Gasteiger partial charge in [-0.1, -0.05) is 0 Å². The van der Waals surface area contributed by atoms with Gasteiger partial charge < -0.3 is 10.2 Å². The number of anilines is 1. The van der Waals surface area contributed by atoms with Crippen molar-refractivity contribution in [1.29, 1.82) is 0 Å². The van der Waals surface area contributed by atoms with Crippen LogP contribution in [0.25, 0.3) is 0 Å². The molecule has 0 unspecified atom stereocenters. The Hall–Kier alpha value is -3.04. The zero-order valence-corrected chi connectivity index (χ0v) is 12.3. The molecule has 0 spiro atoms. The quantitative estimate of drug-likeness (QED) is 0.884. The molecule has 128 valence electrons. The highest BCUT2D eigenvalue weighted by Crippen LogP contribution is 2.29. The average molecular weight is 343 g/mol. The van der Waals surface area contributed by atoms with Crippen LogP contribution in [0, 0.1) is 0 Å². The Kier molecular flexibility index (Phi) is 4.49. The summed E-state index contributed by atoms with van der Waals surface area (Å²) in [5.74, 6) is -4.34. The third-order valence-corrected chi connectivity index (χ3v) is 3.25. The minimum absolute atomic E-state index is 0.291. The first kappa shape index (κ1) is 17.3. The molecular weight excluding hydrogens is 331 g/mol. The molecule has 0 bridgehead atoms. The van der Waals surface area contributed by atoms with Crippen LogP contribution in [0.4, 0.5) is 18.9 Å². The van der Waals surface area contributed by atoms with Gasteiger partial charge in [0.2, 0.25) is 0 Å². The maximum Gasteiger partial charge on any atom is 0.471 e. The number of phenols is 1. The number of benzene rings is 1. The summed E-state index contributed by atoms with van der Waals surface area (Å²) in [5, 5.41) is 22.3. The number of amides is 1. The summed E-state index contributed by atoms with van der Waals surface area (Å²) in [6, 6.07) is 4.17. The van der Waals surface area contributed by atoms with E-state index in [-0.39, 0.29) is 5.69 Å². The summed E-state index contributed by atoms with van der Waals surface area (Å²) >= 11 is 0. The smallest absolute Gasteiger partial charge is 0.471 e. The molecule has 0 aliphatic heterocycles. The highest BCUT2D eigenvalue weighted by Gasteiger charge is 2.43. The summed E-state index contributed by atoms with van der Waals surface area (Å²) in [4.78, 5) is 23.0. The third-order valence-electron chi connectivity index (χ3n) is 3.25. The molecule has 1 aromatic carbocycles. The molecule has 24 heavy (non-hydrogen) atoms. The number of aromatic nitrogens is 2. The number of nitrogens with zero attached hydrogens (tertiary/aromatic N) is 3. The number of carboxylic acids is 1. The van der Waals surface area contributed by atoms with E-state index in [4.69, 9.17) is 5.11 Å². The Morgan fingerprint density at radius 2 is 1.96 bits per heavy atom. The van der Waals surface area contributed by atoms with Gasteiger partial charge in [-0.2, -0.15) is 18.3 Å². The molecule has 0 fully saturated rings. The van der Waals surface area contributed by atoms with Gasteiger partial charge in [0.25, 0.3) is 0 Å². The van der Waals surface area contributed by atoms with E-state index in [0.717, 1.165) is 18.2 Å². The van der Waals surface area contributed by atoms with Crippen molar-refractivity contribution in [3.05, 3.63) is 41.7 Å². The minimum atomic E-state index is -5.14. The monoisotopic (exact) mass is 343 g/mol. The second-order valence-electron chi connectivity index (χ2n) is 4.84. The molecule has 0 saturated heterocycles. The third kappa shape index (κ3) is 3.47. The number of carbonyl (C=O) groups is 2. The number of alkyl halides is 3. The SMILES string of the molecule is Cn1nccc1CN(C(=O)C(F)(F)F)c1ccc(C(=O)O)c(O)c1. The van der Waals surface area contributed by atoms with Gasteiger partial charge in [-0.15, -0.1) is 0 Å². The summed E-state index contributed by atoms with van der Waals surface area (Å²) in [6.45, 7) is -0.458. The summed E-state index contributed by atoms with van der Waals surface area (Å²) in [5.41, 5.74) is -0.464. The molecule has 7 nitrogen and oxygen atoms in total. The van der Waals surface area contributed by atoms with E-state index in [2.05, 4.69) is 5.10 Å². The largest absolute Gasteiger partial charge is 0.507 e. The highest BCUT2D eigenvalue weighted by atomic mass is 19.4. The second kappa shape index (κ2) is 6.22. The lowest BCUT2D eigenvalue weighted by Crippen LogP contribution is -2.41. The molecule has 10 heteroatoms. The maximum absolute atomic E-state index is 12.9. The molecule has 2 rings (SSSR count). The van der Waals surface area contributed by atoms with Crippen molar-refractivity contribution >= 4 is 17.6 Å². The Morgan fingerprint density at radius 3 is 2.42 bits per heavy atom. The van der Waals surface area contributed by atoms with E-state index < -0.39 is 35.9 Å². The van der Waals surface area contributed by atoms with Gasteiger partial charge in [-0.05, 0) is 18.2 Å². The van der Waals surface area contributed by atoms with Crippen LogP contribution in [0.15, 0.2) is 30.5 Å². The van der Waals surface area contributed by atoms with Gasteiger partial charge in [0.05, 0.1) is 12.2 Å². The van der Waals surface area contributed by atoms with Gasteiger partial charge in [-0.25, -0.2) is 4.79 Å². The normalized spacial score (nSPS) is 11.3. The molecule has 0 radical (unpaired) electrons. The van der Waals surface area contributed by atoms with E-state index >= 15 is 0 Å². The topological polar surface area (TPSA) is 95.7 Å². The van der Waals surface area contributed by atoms with Crippen LogP contribution in [0.3, 0.4) is 0 Å². The number of aromatic carboxylic acids is 1. The second-order valence-corrected chi connectivity index (χ2v) is 4.84. The zero-order valence-electron chi connectivity index (χ0n) is 12.3. The highest BCUT2D eigenvalue weighted by molar-refractivity contribution is 5.98. The van der Waals surface area contributed by atoms with Crippen LogP contribution < -0.4 is 4.90 Å². The first-order valence-corrected chi connectivity index (χ1v) is 6.53.